The fraction of sp³-hybridized carbons (Fsp3) is 0.400. The molecule has 0 aliphatic rings. The summed E-state index contributed by atoms with van der Waals surface area (Å²) in [6, 6.07) is 0. The van der Waals surface area contributed by atoms with E-state index in [1.165, 1.54) is 0 Å². The van der Waals surface area contributed by atoms with Crippen molar-refractivity contribution in [1.82, 2.24) is 0 Å². The summed E-state index contributed by atoms with van der Waals surface area (Å²) in [4.78, 5) is 30.7. The molecule has 0 radical (unpaired) electrons. The minimum absolute atomic E-state index is 0.188. The molecular weight excluding hydrogens is 160 g/mol. The molecule has 0 aliphatic heterocycles. The van der Waals surface area contributed by atoms with Crippen LogP contribution in [0.25, 0.3) is 0 Å². The van der Waals surface area contributed by atoms with Gasteiger partial charge in [-0.3, -0.25) is 4.79 Å². The van der Waals surface area contributed by atoms with Crippen molar-refractivity contribution >= 4 is 29.9 Å². The third kappa shape index (κ3) is 2.14. The maximum absolute atomic E-state index is 10.4. The van der Waals surface area contributed by atoms with Gasteiger partial charge in [0, 0.05) is 0 Å². The zero-order valence-electron chi connectivity index (χ0n) is 5.17. The van der Waals surface area contributed by atoms with Crippen LogP contribution in [0.1, 0.15) is 6.92 Å². The van der Waals surface area contributed by atoms with Gasteiger partial charge in [0.25, 0.3) is 0 Å². The summed E-state index contributed by atoms with van der Waals surface area (Å²) >= 11 is 4.61. The van der Waals surface area contributed by atoms with E-state index in [9.17, 15) is 14.4 Å². The Bertz CT molecular complexity index is 165. The molecule has 0 amide bonds. The van der Waals surface area contributed by atoms with Crippen LogP contribution in [0.4, 0.5) is 0 Å². The highest BCUT2D eigenvalue weighted by molar-refractivity contribution is 6.19. The number of carbonyl (C=O) groups is 3. The third-order valence-corrected chi connectivity index (χ3v) is 1.06. The van der Waals surface area contributed by atoms with Crippen molar-refractivity contribution in [2.75, 3.05) is 0 Å². The normalized spacial score (nSPS) is 11.8. The molecule has 0 spiro atoms. The second-order valence-electron chi connectivity index (χ2n) is 1.62. The summed E-state index contributed by atoms with van der Waals surface area (Å²) in [5.41, 5.74) is 0. The molecular formula is C5H5ClO4. The molecule has 0 heterocycles. The lowest BCUT2D eigenvalue weighted by Crippen LogP contribution is -2.23. The molecule has 0 bridgehead atoms. The topological polar surface area (TPSA) is 60.4 Å². The molecule has 10 heavy (non-hydrogen) atoms. The number of carbonyl (C=O) groups excluding carboxylic acids is 3. The Hall–Kier alpha value is -0.900. The van der Waals surface area contributed by atoms with Gasteiger partial charge >= 0.3 is 5.97 Å². The number of Topliss-reactive ketones (excluding diaryl/α,β-unsaturated/α-hetero) is 1. The monoisotopic (exact) mass is 164 g/mol. The van der Waals surface area contributed by atoms with Gasteiger partial charge in [-0.15, -0.1) is 0 Å². The fourth-order valence-corrected chi connectivity index (χ4v) is 0.461. The standard InChI is InChI=1S/C5H5ClO4/c1-3(8)4(2-7)5(9)10-6/h2,4H,1H3. The van der Waals surface area contributed by atoms with Gasteiger partial charge in [-0.1, -0.05) is 0 Å². The van der Waals surface area contributed by atoms with Crippen LogP contribution < -0.4 is 0 Å². The molecule has 56 valence electrons. The van der Waals surface area contributed by atoms with E-state index in [0.717, 1.165) is 6.92 Å². The Morgan fingerprint density at radius 2 is 2.10 bits per heavy atom. The lowest BCUT2D eigenvalue weighted by atomic mass is 10.1. The van der Waals surface area contributed by atoms with Crippen molar-refractivity contribution in [3.63, 3.8) is 0 Å². The molecule has 0 aromatic carbocycles. The fourth-order valence-electron chi connectivity index (χ4n) is 0.365. The van der Waals surface area contributed by atoms with Gasteiger partial charge in [0.2, 0.25) is 0 Å². The highest BCUT2D eigenvalue weighted by Gasteiger charge is 2.23. The van der Waals surface area contributed by atoms with Gasteiger partial charge in [-0.2, -0.15) is 0 Å². The lowest BCUT2D eigenvalue weighted by Gasteiger charge is -1.98. The summed E-state index contributed by atoms with van der Waals surface area (Å²) in [6.45, 7) is 1.10. The van der Waals surface area contributed by atoms with Crippen LogP contribution in [0, 0.1) is 5.92 Å². The van der Waals surface area contributed by atoms with Crippen molar-refractivity contribution in [2.45, 2.75) is 6.92 Å². The van der Waals surface area contributed by atoms with E-state index >= 15 is 0 Å². The first kappa shape index (κ1) is 9.10. The minimum atomic E-state index is -1.38. The van der Waals surface area contributed by atoms with Crippen LogP contribution in [0.2, 0.25) is 0 Å². The SMILES string of the molecule is CC(=O)C(C=O)C(=O)OCl. The predicted octanol–water partition coefficient (Wildman–Crippen LogP) is 0.0875. The Balaban J connectivity index is 4.20. The van der Waals surface area contributed by atoms with E-state index in [1.54, 1.807) is 0 Å². The van der Waals surface area contributed by atoms with Gasteiger partial charge in [0.05, 0.1) is 0 Å². The van der Waals surface area contributed by atoms with Gasteiger partial charge in [-0.05, 0) is 6.92 Å². The molecule has 0 aromatic heterocycles. The Labute approximate surface area is 62.3 Å². The average Bonchev–Trinajstić information content (AvgIpc) is 1.88. The molecule has 4 nitrogen and oxygen atoms in total. The lowest BCUT2D eigenvalue weighted by molar-refractivity contribution is -0.144. The molecule has 0 fully saturated rings. The van der Waals surface area contributed by atoms with Crippen LogP contribution in [-0.2, 0) is 18.7 Å². The number of hydrogen-bond donors (Lipinski definition) is 0. The van der Waals surface area contributed by atoms with Gasteiger partial charge in [-0.25, -0.2) is 4.79 Å². The maximum atomic E-state index is 10.4. The van der Waals surface area contributed by atoms with E-state index in [1.807, 2.05) is 0 Å². The number of ketones is 1. The van der Waals surface area contributed by atoms with Crippen molar-refractivity contribution in [3.05, 3.63) is 0 Å². The molecule has 5 heteroatoms. The molecule has 1 unspecified atom stereocenters. The third-order valence-electron chi connectivity index (χ3n) is 0.904. The molecule has 0 N–H and O–H groups in total. The Kier molecular flexibility index (Phi) is 3.64. The molecule has 1 atom stereocenters. The van der Waals surface area contributed by atoms with Crippen molar-refractivity contribution in [2.24, 2.45) is 5.92 Å². The van der Waals surface area contributed by atoms with Crippen LogP contribution in [0.15, 0.2) is 0 Å². The van der Waals surface area contributed by atoms with Crippen molar-refractivity contribution in [3.8, 4) is 0 Å². The summed E-state index contributed by atoms with van der Waals surface area (Å²) < 4.78 is 3.65. The van der Waals surface area contributed by atoms with Crippen LogP contribution in [-0.4, -0.2) is 18.0 Å². The molecule has 0 aromatic rings. The first-order valence-electron chi connectivity index (χ1n) is 2.41. The van der Waals surface area contributed by atoms with Crippen molar-refractivity contribution in [1.29, 1.82) is 0 Å². The maximum Gasteiger partial charge on any atom is 0.342 e. The van der Waals surface area contributed by atoms with E-state index in [-0.39, 0.29) is 6.29 Å². The summed E-state index contributed by atoms with van der Waals surface area (Å²) in [6.07, 6.45) is 0.188. The minimum Gasteiger partial charge on any atom is -0.346 e. The van der Waals surface area contributed by atoms with Gasteiger partial charge in [0.15, 0.2) is 11.7 Å². The van der Waals surface area contributed by atoms with Gasteiger partial charge < -0.3 is 9.08 Å². The number of aldehydes is 1. The Morgan fingerprint density at radius 1 is 1.60 bits per heavy atom. The average molecular weight is 165 g/mol. The van der Waals surface area contributed by atoms with E-state index in [2.05, 4.69) is 16.2 Å². The summed E-state index contributed by atoms with van der Waals surface area (Å²) in [5.74, 6) is -3.00. The summed E-state index contributed by atoms with van der Waals surface area (Å²) in [7, 11) is 0. The highest BCUT2D eigenvalue weighted by Crippen LogP contribution is 1.98. The van der Waals surface area contributed by atoms with Crippen LogP contribution in [0.3, 0.4) is 0 Å². The zero-order chi connectivity index (χ0) is 8.15. The first-order valence-corrected chi connectivity index (χ1v) is 2.72. The van der Waals surface area contributed by atoms with E-state index in [4.69, 9.17) is 0 Å². The molecule has 0 saturated heterocycles. The second-order valence-corrected chi connectivity index (χ2v) is 1.77. The zero-order valence-corrected chi connectivity index (χ0v) is 5.92. The first-order chi connectivity index (χ1) is 4.63. The van der Waals surface area contributed by atoms with Crippen LogP contribution >= 0.6 is 11.9 Å². The molecule has 0 rings (SSSR count). The van der Waals surface area contributed by atoms with Crippen LogP contribution in [0.5, 0.6) is 0 Å². The number of hydrogen-bond acceptors (Lipinski definition) is 4. The Morgan fingerprint density at radius 3 is 2.20 bits per heavy atom. The van der Waals surface area contributed by atoms with E-state index in [0.29, 0.717) is 0 Å². The smallest absolute Gasteiger partial charge is 0.342 e. The van der Waals surface area contributed by atoms with Gasteiger partial charge in [0.1, 0.15) is 18.2 Å². The highest BCUT2D eigenvalue weighted by atomic mass is 35.5. The van der Waals surface area contributed by atoms with Crippen molar-refractivity contribution < 1.29 is 18.7 Å². The number of rotatable bonds is 3. The second kappa shape index (κ2) is 4.00. The van der Waals surface area contributed by atoms with E-state index < -0.39 is 17.7 Å². The largest absolute Gasteiger partial charge is 0.346 e. The number of halogens is 1. The molecule has 0 saturated carbocycles. The summed E-state index contributed by atoms with van der Waals surface area (Å²) in [5, 5.41) is 0. The predicted molar refractivity (Wildman–Crippen MR) is 32.2 cm³/mol. The quantitative estimate of drug-likeness (QED) is 0.438. The molecule has 0 aliphatic carbocycles.